The number of ether oxygens (including phenoxy) is 2. The van der Waals surface area contributed by atoms with E-state index >= 15 is 0 Å². The van der Waals surface area contributed by atoms with Gasteiger partial charge in [-0.2, -0.15) is 0 Å². The van der Waals surface area contributed by atoms with Crippen molar-refractivity contribution in [1.82, 2.24) is 0 Å². The van der Waals surface area contributed by atoms with Crippen molar-refractivity contribution in [2.24, 2.45) is 0 Å². The number of carbonyl (C=O) groups excluding carboxylic acids is 1. The normalized spacial score (nSPS) is 9.29. The Morgan fingerprint density at radius 1 is 1.07 bits per heavy atom. The van der Waals surface area contributed by atoms with Crippen molar-refractivity contribution in [1.29, 1.82) is 0 Å². The molecular weight excluding hydrogens is 180 g/mol. The molecule has 0 N–H and O–H groups in total. The van der Waals surface area contributed by atoms with Crippen LogP contribution in [0.1, 0.15) is 0 Å². The average molecular weight is 192 g/mol. The van der Waals surface area contributed by atoms with Gasteiger partial charge in [-0.1, -0.05) is 24.3 Å². The van der Waals surface area contributed by atoms with Crippen LogP contribution in [-0.4, -0.2) is 20.2 Å². The first-order chi connectivity index (χ1) is 6.69. The summed E-state index contributed by atoms with van der Waals surface area (Å²) in [5.74, 6) is -0.514. The van der Waals surface area contributed by atoms with Crippen LogP contribution in [0.4, 0.5) is 0 Å². The quantitative estimate of drug-likeness (QED) is 0.414. The number of esters is 1. The third-order valence-electron chi connectivity index (χ3n) is 1.88. The van der Waals surface area contributed by atoms with Crippen LogP contribution < -0.4 is 0 Å². The molecule has 0 saturated carbocycles. The van der Waals surface area contributed by atoms with Crippen molar-refractivity contribution in [3.05, 3.63) is 36.6 Å². The van der Waals surface area contributed by atoms with Crippen molar-refractivity contribution in [3.8, 4) is 11.1 Å². The lowest BCUT2D eigenvalue weighted by atomic mass is 9.95. The van der Waals surface area contributed by atoms with Gasteiger partial charge in [-0.05, 0) is 17.7 Å². The maximum absolute atomic E-state index is 10.3. The van der Waals surface area contributed by atoms with Crippen LogP contribution in [0.25, 0.3) is 11.1 Å². The van der Waals surface area contributed by atoms with Crippen LogP contribution in [-0.2, 0) is 14.3 Å². The van der Waals surface area contributed by atoms with E-state index in [0.717, 1.165) is 0 Å². The van der Waals surface area contributed by atoms with Gasteiger partial charge in [0.2, 0.25) is 0 Å². The molecule has 2 aliphatic carbocycles. The molecule has 74 valence electrons. The Balaban J connectivity index is 0.000000143. The van der Waals surface area contributed by atoms with Gasteiger partial charge in [-0.15, -0.1) is 0 Å². The fraction of sp³-hybridized carbons (Fsp3) is 0.182. The minimum Gasteiger partial charge on any atom is -0.490 e. The second-order valence-electron chi connectivity index (χ2n) is 2.70. The van der Waals surface area contributed by atoms with E-state index in [1.54, 1.807) is 0 Å². The number of fused-ring (bicyclic) bond motifs is 1. The van der Waals surface area contributed by atoms with E-state index in [4.69, 9.17) is 0 Å². The summed E-state index contributed by atoms with van der Waals surface area (Å²) in [6.45, 7) is 3.25. The molecule has 0 heterocycles. The topological polar surface area (TPSA) is 35.5 Å². The fourth-order valence-electron chi connectivity index (χ4n) is 0.860. The Kier molecular flexibility index (Phi) is 3.29. The van der Waals surface area contributed by atoms with Crippen molar-refractivity contribution >= 4 is 5.97 Å². The van der Waals surface area contributed by atoms with E-state index in [9.17, 15) is 4.79 Å². The minimum absolute atomic E-state index is 0.0208. The van der Waals surface area contributed by atoms with Crippen LogP contribution in [0.5, 0.6) is 0 Å². The highest BCUT2D eigenvalue weighted by atomic mass is 16.6. The summed E-state index contributed by atoms with van der Waals surface area (Å²) in [4.78, 5) is 10.3. The zero-order valence-corrected chi connectivity index (χ0v) is 8.24. The molecule has 0 fully saturated rings. The molecule has 0 aliphatic heterocycles. The Bertz CT molecular complexity index is 303. The predicted octanol–water partition coefficient (Wildman–Crippen LogP) is 1.99. The van der Waals surface area contributed by atoms with Gasteiger partial charge in [-0.3, -0.25) is 0 Å². The SMILES string of the molecule is C=C(OC)C(=O)OC.c1cc2ccc1-2. The second-order valence-corrected chi connectivity index (χ2v) is 2.70. The van der Waals surface area contributed by atoms with E-state index < -0.39 is 5.97 Å². The number of benzene rings is 1. The molecule has 0 spiro atoms. The van der Waals surface area contributed by atoms with Gasteiger partial charge in [0.1, 0.15) is 0 Å². The van der Waals surface area contributed by atoms with Gasteiger partial charge in [0, 0.05) is 0 Å². The summed E-state index contributed by atoms with van der Waals surface area (Å²) in [6.07, 6.45) is 0. The molecule has 2 aliphatic rings. The summed E-state index contributed by atoms with van der Waals surface area (Å²) >= 11 is 0. The number of hydrogen-bond acceptors (Lipinski definition) is 3. The lowest BCUT2D eigenvalue weighted by Gasteiger charge is -2.10. The summed E-state index contributed by atoms with van der Waals surface area (Å²) < 4.78 is 8.67. The lowest BCUT2D eigenvalue weighted by Crippen LogP contribution is -2.04. The van der Waals surface area contributed by atoms with E-state index in [1.165, 1.54) is 25.3 Å². The van der Waals surface area contributed by atoms with Crippen molar-refractivity contribution < 1.29 is 14.3 Å². The van der Waals surface area contributed by atoms with E-state index in [0.29, 0.717) is 0 Å². The van der Waals surface area contributed by atoms with Gasteiger partial charge < -0.3 is 9.47 Å². The molecule has 0 aromatic heterocycles. The largest absolute Gasteiger partial charge is 0.490 e. The third kappa shape index (κ3) is 2.13. The number of hydrogen-bond donors (Lipinski definition) is 0. The molecule has 2 rings (SSSR count). The second kappa shape index (κ2) is 4.46. The molecular formula is C11H12O3. The van der Waals surface area contributed by atoms with Gasteiger partial charge in [0.25, 0.3) is 0 Å². The molecule has 0 aromatic rings. The average Bonchev–Trinajstić information content (AvgIpc) is 2.21. The molecule has 0 unspecified atom stereocenters. The standard InChI is InChI=1S/C6H4.C5H8O3/c1-2-6-4-3-5(1)6;1-4(7-2)5(6)8-3/h1-4H;1H2,2-3H3. The van der Waals surface area contributed by atoms with E-state index in [-0.39, 0.29) is 5.76 Å². The molecule has 0 amide bonds. The molecule has 0 radical (unpaired) electrons. The first-order valence-corrected chi connectivity index (χ1v) is 4.10. The highest BCUT2D eigenvalue weighted by Crippen LogP contribution is 2.29. The van der Waals surface area contributed by atoms with Crippen LogP contribution in [0.15, 0.2) is 36.6 Å². The Hall–Kier alpha value is -1.77. The first-order valence-electron chi connectivity index (χ1n) is 4.10. The summed E-state index contributed by atoms with van der Waals surface area (Å²) in [5, 5.41) is 0. The van der Waals surface area contributed by atoms with Gasteiger partial charge in [0.05, 0.1) is 14.2 Å². The molecule has 3 nitrogen and oxygen atoms in total. The summed E-state index contributed by atoms with van der Waals surface area (Å²) in [5.41, 5.74) is 2.85. The molecule has 3 heteroatoms. The van der Waals surface area contributed by atoms with Crippen molar-refractivity contribution in [3.63, 3.8) is 0 Å². The van der Waals surface area contributed by atoms with E-state index in [1.807, 2.05) is 0 Å². The molecule has 0 saturated heterocycles. The smallest absolute Gasteiger partial charge is 0.372 e. The Morgan fingerprint density at radius 3 is 1.57 bits per heavy atom. The number of methoxy groups -OCH3 is 2. The number of rotatable bonds is 2. The van der Waals surface area contributed by atoms with E-state index in [2.05, 4.69) is 40.3 Å². The minimum atomic E-state index is -0.535. The van der Waals surface area contributed by atoms with Gasteiger partial charge in [-0.25, -0.2) is 4.79 Å². The monoisotopic (exact) mass is 192 g/mol. The van der Waals surface area contributed by atoms with Crippen LogP contribution >= 0.6 is 0 Å². The molecule has 0 atom stereocenters. The lowest BCUT2D eigenvalue weighted by molar-refractivity contribution is -0.139. The van der Waals surface area contributed by atoms with Crippen molar-refractivity contribution in [2.45, 2.75) is 0 Å². The van der Waals surface area contributed by atoms with Crippen LogP contribution in [0.2, 0.25) is 0 Å². The third-order valence-corrected chi connectivity index (χ3v) is 1.88. The highest BCUT2D eigenvalue weighted by molar-refractivity contribution is 5.85. The first kappa shape index (κ1) is 10.3. The van der Waals surface area contributed by atoms with Gasteiger partial charge >= 0.3 is 5.97 Å². The zero-order valence-electron chi connectivity index (χ0n) is 8.24. The fourth-order valence-corrected chi connectivity index (χ4v) is 0.860. The molecule has 14 heavy (non-hydrogen) atoms. The highest BCUT2D eigenvalue weighted by Gasteiger charge is 2.04. The maximum Gasteiger partial charge on any atom is 0.372 e. The predicted molar refractivity (Wildman–Crippen MR) is 53.6 cm³/mol. The summed E-state index contributed by atoms with van der Waals surface area (Å²) in [7, 11) is 2.63. The van der Waals surface area contributed by atoms with Gasteiger partial charge in [0.15, 0.2) is 5.76 Å². The summed E-state index contributed by atoms with van der Waals surface area (Å²) in [6, 6.07) is 8.48. The Morgan fingerprint density at radius 2 is 1.50 bits per heavy atom. The maximum atomic E-state index is 10.3. The van der Waals surface area contributed by atoms with Crippen LogP contribution in [0, 0.1) is 0 Å². The zero-order chi connectivity index (χ0) is 10.6. The number of carbonyl (C=O) groups is 1. The molecule has 0 aromatic carbocycles. The molecule has 0 bridgehead atoms. The Labute approximate surface area is 83.0 Å². The van der Waals surface area contributed by atoms with Crippen LogP contribution in [0.3, 0.4) is 0 Å². The van der Waals surface area contributed by atoms with Crippen molar-refractivity contribution in [2.75, 3.05) is 14.2 Å².